The number of amides is 3. The van der Waals surface area contributed by atoms with Crippen LogP contribution in [0.2, 0.25) is 0 Å². The topological polar surface area (TPSA) is 90.5 Å². The molecule has 21 heavy (non-hydrogen) atoms. The second-order valence-electron chi connectivity index (χ2n) is 4.25. The van der Waals surface area contributed by atoms with Crippen LogP contribution in [-0.2, 0) is 0 Å². The van der Waals surface area contributed by atoms with Crippen molar-refractivity contribution in [3.8, 4) is 5.75 Å². The molecule has 0 saturated heterocycles. The molecule has 2 aromatic rings. The number of phenols is 1. The highest BCUT2D eigenvalue weighted by atomic mass is 16.3. The SMILES string of the molecule is CNC(=O)Nc1ccc(NC(=O)c2ccccc2O)cc1. The number of urea groups is 1. The largest absolute Gasteiger partial charge is 0.507 e. The summed E-state index contributed by atoms with van der Waals surface area (Å²) in [5.41, 5.74) is 1.37. The minimum Gasteiger partial charge on any atom is -0.507 e. The van der Waals surface area contributed by atoms with Crippen LogP contribution >= 0.6 is 0 Å². The molecule has 0 aliphatic heterocycles. The highest BCUT2D eigenvalue weighted by Crippen LogP contribution is 2.19. The zero-order valence-corrected chi connectivity index (χ0v) is 11.4. The molecule has 0 aliphatic rings. The average molecular weight is 285 g/mol. The fourth-order valence-electron chi connectivity index (χ4n) is 1.69. The lowest BCUT2D eigenvalue weighted by Crippen LogP contribution is -2.24. The van der Waals surface area contributed by atoms with Crippen LogP contribution in [0.5, 0.6) is 5.75 Å². The molecule has 3 amide bonds. The molecule has 0 atom stereocenters. The third kappa shape index (κ3) is 3.73. The maximum atomic E-state index is 12.0. The first-order valence-electron chi connectivity index (χ1n) is 6.28. The van der Waals surface area contributed by atoms with Crippen molar-refractivity contribution < 1.29 is 14.7 Å². The van der Waals surface area contributed by atoms with E-state index in [1.54, 1.807) is 36.4 Å². The summed E-state index contributed by atoms with van der Waals surface area (Å²) in [4.78, 5) is 23.1. The van der Waals surface area contributed by atoms with E-state index in [0.29, 0.717) is 11.4 Å². The number of rotatable bonds is 3. The molecule has 4 N–H and O–H groups in total. The van der Waals surface area contributed by atoms with Gasteiger partial charge in [-0.3, -0.25) is 4.79 Å². The molecule has 0 heterocycles. The van der Waals surface area contributed by atoms with Gasteiger partial charge in [0, 0.05) is 18.4 Å². The quantitative estimate of drug-likeness (QED) is 0.698. The molecule has 0 radical (unpaired) electrons. The van der Waals surface area contributed by atoms with Gasteiger partial charge in [0.15, 0.2) is 0 Å². The average Bonchev–Trinajstić information content (AvgIpc) is 2.49. The smallest absolute Gasteiger partial charge is 0.318 e. The Morgan fingerprint density at radius 3 is 2.05 bits per heavy atom. The summed E-state index contributed by atoms with van der Waals surface area (Å²) in [6.45, 7) is 0. The van der Waals surface area contributed by atoms with Gasteiger partial charge in [-0.2, -0.15) is 0 Å². The lowest BCUT2D eigenvalue weighted by molar-refractivity contribution is 0.102. The van der Waals surface area contributed by atoms with Crippen LogP contribution in [0.15, 0.2) is 48.5 Å². The fourth-order valence-corrected chi connectivity index (χ4v) is 1.69. The predicted molar refractivity (Wildman–Crippen MR) is 80.6 cm³/mol. The summed E-state index contributed by atoms with van der Waals surface area (Å²) >= 11 is 0. The Hall–Kier alpha value is -3.02. The van der Waals surface area contributed by atoms with Gasteiger partial charge in [-0.05, 0) is 36.4 Å². The molecule has 0 aromatic heterocycles. The van der Waals surface area contributed by atoms with Gasteiger partial charge in [-0.1, -0.05) is 12.1 Å². The van der Waals surface area contributed by atoms with E-state index < -0.39 is 5.91 Å². The summed E-state index contributed by atoms with van der Waals surface area (Å²) in [6.07, 6.45) is 0. The van der Waals surface area contributed by atoms with Crippen molar-refractivity contribution in [2.45, 2.75) is 0 Å². The standard InChI is InChI=1S/C15H15N3O3/c1-16-15(21)18-11-8-6-10(7-9-11)17-14(20)12-4-2-3-5-13(12)19/h2-9,19H,1H3,(H,17,20)(H2,16,18,21). The number of nitrogens with one attached hydrogen (secondary N) is 3. The highest BCUT2D eigenvalue weighted by molar-refractivity contribution is 6.06. The Morgan fingerprint density at radius 2 is 1.48 bits per heavy atom. The van der Waals surface area contributed by atoms with E-state index in [4.69, 9.17) is 0 Å². The summed E-state index contributed by atoms with van der Waals surface area (Å²) in [5.74, 6) is -0.479. The number of benzene rings is 2. The van der Waals surface area contributed by atoms with Gasteiger partial charge in [0.25, 0.3) is 5.91 Å². The third-order valence-electron chi connectivity index (χ3n) is 2.78. The highest BCUT2D eigenvalue weighted by Gasteiger charge is 2.10. The summed E-state index contributed by atoms with van der Waals surface area (Å²) in [7, 11) is 1.52. The predicted octanol–water partition coefficient (Wildman–Crippen LogP) is 2.40. The molecule has 6 heteroatoms. The number of hydrogen-bond acceptors (Lipinski definition) is 3. The fraction of sp³-hybridized carbons (Fsp3) is 0.0667. The van der Waals surface area contributed by atoms with Crippen LogP contribution in [0.3, 0.4) is 0 Å². The summed E-state index contributed by atoms with van der Waals surface area (Å²) in [6, 6.07) is 12.6. The number of carbonyl (C=O) groups is 2. The first-order chi connectivity index (χ1) is 10.1. The lowest BCUT2D eigenvalue weighted by Gasteiger charge is -2.08. The molecule has 2 aromatic carbocycles. The molecule has 0 saturated carbocycles. The van der Waals surface area contributed by atoms with Crippen molar-refractivity contribution in [1.29, 1.82) is 0 Å². The van der Waals surface area contributed by atoms with E-state index >= 15 is 0 Å². The number of anilines is 2. The van der Waals surface area contributed by atoms with Crippen molar-refractivity contribution in [3.63, 3.8) is 0 Å². The normalized spacial score (nSPS) is 9.76. The number of hydrogen-bond donors (Lipinski definition) is 4. The van der Waals surface area contributed by atoms with E-state index in [1.807, 2.05) is 0 Å². The van der Waals surface area contributed by atoms with Crippen LogP contribution in [0, 0.1) is 0 Å². The van der Waals surface area contributed by atoms with E-state index in [9.17, 15) is 14.7 Å². The molecular formula is C15H15N3O3. The van der Waals surface area contributed by atoms with Crippen LogP contribution in [0.25, 0.3) is 0 Å². The van der Waals surface area contributed by atoms with Gasteiger partial charge in [0.05, 0.1) is 5.56 Å². The van der Waals surface area contributed by atoms with Crippen LogP contribution in [0.4, 0.5) is 16.2 Å². The Morgan fingerprint density at radius 1 is 0.905 bits per heavy atom. The van der Waals surface area contributed by atoms with E-state index in [-0.39, 0.29) is 17.3 Å². The van der Waals surface area contributed by atoms with Gasteiger partial charge in [0.1, 0.15) is 5.75 Å². The number of aromatic hydroxyl groups is 1. The van der Waals surface area contributed by atoms with Gasteiger partial charge in [0.2, 0.25) is 0 Å². The van der Waals surface area contributed by atoms with Gasteiger partial charge in [-0.25, -0.2) is 4.79 Å². The molecule has 108 valence electrons. The van der Waals surface area contributed by atoms with E-state index in [1.165, 1.54) is 19.2 Å². The zero-order chi connectivity index (χ0) is 15.2. The second kappa shape index (κ2) is 6.42. The molecule has 0 unspecified atom stereocenters. The van der Waals surface area contributed by atoms with Crippen LogP contribution < -0.4 is 16.0 Å². The van der Waals surface area contributed by atoms with Crippen molar-refractivity contribution >= 4 is 23.3 Å². The molecule has 0 bridgehead atoms. The van der Waals surface area contributed by atoms with Crippen LogP contribution in [-0.4, -0.2) is 24.1 Å². The van der Waals surface area contributed by atoms with Crippen LogP contribution in [0.1, 0.15) is 10.4 Å². The second-order valence-corrected chi connectivity index (χ2v) is 4.25. The third-order valence-corrected chi connectivity index (χ3v) is 2.78. The number of phenolic OH excluding ortho intramolecular Hbond substituents is 1. The Bertz CT molecular complexity index is 653. The van der Waals surface area contributed by atoms with Crippen molar-refractivity contribution in [1.82, 2.24) is 5.32 Å². The monoisotopic (exact) mass is 285 g/mol. The van der Waals surface area contributed by atoms with Crippen molar-refractivity contribution in [3.05, 3.63) is 54.1 Å². The lowest BCUT2D eigenvalue weighted by atomic mass is 10.2. The Kier molecular flexibility index (Phi) is 4.40. The molecule has 2 rings (SSSR count). The Labute approximate surface area is 121 Å². The minimum atomic E-state index is -0.403. The van der Waals surface area contributed by atoms with Gasteiger partial charge >= 0.3 is 6.03 Å². The van der Waals surface area contributed by atoms with Crippen molar-refractivity contribution in [2.24, 2.45) is 0 Å². The molecular weight excluding hydrogens is 270 g/mol. The minimum absolute atomic E-state index is 0.0760. The maximum absolute atomic E-state index is 12.0. The molecule has 0 fully saturated rings. The first kappa shape index (κ1) is 14.4. The molecule has 0 aliphatic carbocycles. The van der Waals surface area contributed by atoms with Gasteiger partial charge in [-0.15, -0.1) is 0 Å². The first-order valence-corrected chi connectivity index (χ1v) is 6.28. The van der Waals surface area contributed by atoms with Crippen molar-refractivity contribution in [2.75, 3.05) is 17.7 Å². The number of carbonyl (C=O) groups excluding carboxylic acids is 2. The Balaban J connectivity index is 2.05. The summed E-state index contributed by atoms with van der Waals surface area (Å²) < 4.78 is 0. The summed E-state index contributed by atoms with van der Waals surface area (Å²) in [5, 5.41) is 17.3. The maximum Gasteiger partial charge on any atom is 0.318 e. The zero-order valence-electron chi connectivity index (χ0n) is 11.4. The molecule has 6 nitrogen and oxygen atoms in total. The van der Waals surface area contributed by atoms with E-state index in [0.717, 1.165) is 0 Å². The molecule has 0 spiro atoms. The van der Waals surface area contributed by atoms with Gasteiger partial charge < -0.3 is 21.1 Å². The van der Waals surface area contributed by atoms with E-state index in [2.05, 4.69) is 16.0 Å². The number of para-hydroxylation sites is 1.